The highest BCUT2D eigenvalue weighted by molar-refractivity contribution is 5.48. The zero-order valence-electron chi connectivity index (χ0n) is 12.6. The first-order chi connectivity index (χ1) is 8.42. The lowest BCUT2D eigenvalue weighted by Crippen LogP contribution is -2.11. The SMILES string of the molecule is COc1c(C(C)C)cc(C(C)CN)cc1C(C)C. The topological polar surface area (TPSA) is 35.2 Å². The van der Waals surface area contributed by atoms with Gasteiger partial charge in [-0.25, -0.2) is 0 Å². The molecule has 2 N–H and O–H groups in total. The van der Waals surface area contributed by atoms with Gasteiger partial charge in [-0.15, -0.1) is 0 Å². The maximum Gasteiger partial charge on any atom is 0.125 e. The molecule has 0 aromatic heterocycles. The molecular weight excluding hydrogens is 222 g/mol. The number of methoxy groups -OCH3 is 1. The lowest BCUT2D eigenvalue weighted by atomic mass is 9.88. The minimum Gasteiger partial charge on any atom is -0.496 e. The molecule has 0 saturated carbocycles. The van der Waals surface area contributed by atoms with Gasteiger partial charge >= 0.3 is 0 Å². The van der Waals surface area contributed by atoms with Gasteiger partial charge in [0.15, 0.2) is 0 Å². The summed E-state index contributed by atoms with van der Waals surface area (Å²) in [4.78, 5) is 0. The Morgan fingerprint density at radius 3 is 1.72 bits per heavy atom. The molecule has 0 aliphatic heterocycles. The molecule has 0 fully saturated rings. The fraction of sp³-hybridized carbons (Fsp3) is 0.625. The van der Waals surface area contributed by atoms with Crippen molar-refractivity contribution in [3.8, 4) is 5.75 Å². The Kier molecular flexibility index (Phi) is 5.21. The van der Waals surface area contributed by atoms with E-state index in [0.29, 0.717) is 24.3 Å². The summed E-state index contributed by atoms with van der Waals surface area (Å²) in [5.74, 6) is 2.36. The van der Waals surface area contributed by atoms with Crippen LogP contribution in [0.15, 0.2) is 12.1 Å². The zero-order chi connectivity index (χ0) is 13.9. The van der Waals surface area contributed by atoms with Crippen LogP contribution in [0.3, 0.4) is 0 Å². The van der Waals surface area contributed by atoms with Crippen molar-refractivity contribution in [2.24, 2.45) is 5.73 Å². The van der Waals surface area contributed by atoms with E-state index in [-0.39, 0.29) is 0 Å². The van der Waals surface area contributed by atoms with Crippen molar-refractivity contribution in [3.63, 3.8) is 0 Å². The van der Waals surface area contributed by atoms with Crippen molar-refractivity contribution in [2.45, 2.75) is 52.4 Å². The number of ether oxygens (including phenoxy) is 1. The molecule has 18 heavy (non-hydrogen) atoms. The third kappa shape index (κ3) is 3.05. The Morgan fingerprint density at radius 2 is 1.44 bits per heavy atom. The number of rotatable bonds is 5. The minimum absolute atomic E-state index is 0.394. The summed E-state index contributed by atoms with van der Waals surface area (Å²) in [6.45, 7) is 11.7. The van der Waals surface area contributed by atoms with Crippen molar-refractivity contribution in [1.82, 2.24) is 0 Å². The van der Waals surface area contributed by atoms with Gasteiger partial charge in [0.2, 0.25) is 0 Å². The first-order valence-electron chi connectivity index (χ1n) is 6.84. The van der Waals surface area contributed by atoms with Crippen LogP contribution in [0.2, 0.25) is 0 Å². The van der Waals surface area contributed by atoms with Crippen LogP contribution in [0.4, 0.5) is 0 Å². The fourth-order valence-electron chi connectivity index (χ4n) is 2.21. The maximum absolute atomic E-state index is 5.80. The van der Waals surface area contributed by atoms with Gasteiger partial charge in [-0.1, -0.05) is 46.8 Å². The van der Waals surface area contributed by atoms with E-state index in [1.165, 1.54) is 16.7 Å². The van der Waals surface area contributed by atoms with Gasteiger partial charge in [0.25, 0.3) is 0 Å². The van der Waals surface area contributed by atoms with Crippen molar-refractivity contribution < 1.29 is 4.74 Å². The second-order valence-electron chi connectivity index (χ2n) is 5.68. The molecule has 1 unspecified atom stereocenters. The lowest BCUT2D eigenvalue weighted by Gasteiger charge is -2.22. The molecule has 2 nitrogen and oxygen atoms in total. The van der Waals surface area contributed by atoms with Gasteiger partial charge in [0.05, 0.1) is 7.11 Å². The summed E-state index contributed by atoms with van der Waals surface area (Å²) >= 11 is 0. The highest BCUT2D eigenvalue weighted by Gasteiger charge is 2.18. The van der Waals surface area contributed by atoms with Crippen molar-refractivity contribution in [2.75, 3.05) is 13.7 Å². The van der Waals surface area contributed by atoms with Crippen LogP contribution in [0, 0.1) is 0 Å². The molecule has 0 aliphatic carbocycles. The number of benzene rings is 1. The van der Waals surface area contributed by atoms with E-state index in [4.69, 9.17) is 10.5 Å². The number of hydrogen-bond donors (Lipinski definition) is 1. The predicted octanol–water partition coefficient (Wildman–Crippen LogP) is 4.00. The maximum atomic E-state index is 5.80. The second-order valence-corrected chi connectivity index (χ2v) is 5.68. The Morgan fingerprint density at radius 1 is 1.00 bits per heavy atom. The van der Waals surface area contributed by atoms with Crippen LogP contribution in [-0.4, -0.2) is 13.7 Å². The first kappa shape index (κ1) is 15.0. The van der Waals surface area contributed by atoms with Crippen LogP contribution < -0.4 is 10.5 Å². The van der Waals surface area contributed by atoms with Gasteiger partial charge in [-0.2, -0.15) is 0 Å². The molecule has 0 amide bonds. The predicted molar refractivity (Wildman–Crippen MR) is 78.6 cm³/mol. The fourth-order valence-corrected chi connectivity index (χ4v) is 2.21. The molecule has 1 aromatic carbocycles. The molecule has 2 heteroatoms. The number of nitrogens with two attached hydrogens (primary N) is 1. The monoisotopic (exact) mass is 249 g/mol. The zero-order valence-corrected chi connectivity index (χ0v) is 12.6. The minimum atomic E-state index is 0.394. The molecule has 0 spiro atoms. The molecule has 1 rings (SSSR count). The molecule has 0 radical (unpaired) electrons. The standard InChI is InChI=1S/C16H27NO/c1-10(2)14-7-13(12(5)9-17)8-15(11(3)4)16(14)18-6/h7-8,10-12H,9,17H2,1-6H3. The average molecular weight is 249 g/mol. The quantitative estimate of drug-likeness (QED) is 0.856. The average Bonchev–Trinajstić information content (AvgIpc) is 2.35. The third-order valence-electron chi connectivity index (χ3n) is 3.54. The Hall–Kier alpha value is -1.02. The lowest BCUT2D eigenvalue weighted by molar-refractivity contribution is 0.400. The van der Waals surface area contributed by atoms with E-state index in [1.54, 1.807) is 7.11 Å². The van der Waals surface area contributed by atoms with E-state index in [0.717, 1.165) is 5.75 Å². The Balaban J connectivity index is 3.43. The Labute approximate surface area is 112 Å². The highest BCUT2D eigenvalue weighted by Crippen LogP contribution is 2.37. The summed E-state index contributed by atoms with van der Waals surface area (Å²) in [7, 11) is 1.76. The molecule has 0 heterocycles. The van der Waals surface area contributed by atoms with Gasteiger partial charge in [-0.05, 0) is 41.0 Å². The second kappa shape index (κ2) is 6.24. The third-order valence-corrected chi connectivity index (χ3v) is 3.54. The highest BCUT2D eigenvalue weighted by atomic mass is 16.5. The van der Waals surface area contributed by atoms with E-state index in [9.17, 15) is 0 Å². The van der Waals surface area contributed by atoms with E-state index in [1.807, 2.05) is 0 Å². The van der Waals surface area contributed by atoms with E-state index >= 15 is 0 Å². The molecule has 1 atom stereocenters. The van der Waals surface area contributed by atoms with Crippen molar-refractivity contribution in [1.29, 1.82) is 0 Å². The van der Waals surface area contributed by atoms with Crippen LogP contribution >= 0.6 is 0 Å². The summed E-state index contributed by atoms with van der Waals surface area (Å²) in [6.07, 6.45) is 0. The Bertz CT molecular complexity index is 367. The van der Waals surface area contributed by atoms with Crippen LogP contribution in [-0.2, 0) is 0 Å². The molecule has 1 aromatic rings. The van der Waals surface area contributed by atoms with Gasteiger partial charge in [0, 0.05) is 0 Å². The van der Waals surface area contributed by atoms with Crippen LogP contribution in [0.1, 0.15) is 69.1 Å². The van der Waals surface area contributed by atoms with Crippen LogP contribution in [0.5, 0.6) is 5.75 Å². The first-order valence-corrected chi connectivity index (χ1v) is 6.84. The number of hydrogen-bond acceptors (Lipinski definition) is 2. The molecule has 102 valence electrons. The van der Waals surface area contributed by atoms with Gasteiger partial charge in [0.1, 0.15) is 5.75 Å². The van der Waals surface area contributed by atoms with E-state index < -0.39 is 0 Å². The van der Waals surface area contributed by atoms with Crippen molar-refractivity contribution in [3.05, 3.63) is 28.8 Å². The summed E-state index contributed by atoms with van der Waals surface area (Å²) in [5.41, 5.74) is 9.70. The largest absolute Gasteiger partial charge is 0.496 e. The summed E-state index contributed by atoms with van der Waals surface area (Å²) < 4.78 is 5.64. The molecule has 0 saturated heterocycles. The van der Waals surface area contributed by atoms with Crippen molar-refractivity contribution >= 4 is 0 Å². The molecule has 0 aliphatic rings. The van der Waals surface area contributed by atoms with E-state index in [2.05, 4.69) is 46.8 Å². The molecule has 0 bridgehead atoms. The molecular formula is C16H27NO. The van der Waals surface area contributed by atoms with Crippen LogP contribution in [0.25, 0.3) is 0 Å². The smallest absolute Gasteiger partial charge is 0.125 e. The van der Waals surface area contributed by atoms with Gasteiger partial charge < -0.3 is 10.5 Å². The normalized spacial score (nSPS) is 13.2. The summed E-state index contributed by atoms with van der Waals surface area (Å²) in [6, 6.07) is 4.51. The summed E-state index contributed by atoms with van der Waals surface area (Å²) in [5, 5.41) is 0. The van der Waals surface area contributed by atoms with Gasteiger partial charge in [-0.3, -0.25) is 0 Å².